The van der Waals surface area contributed by atoms with Crippen LogP contribution in [0.1, 0.15) is 24.0 Å². The van der Waals surface area contributed by atoms with Gasteiger partial charge in [-0.05, 0) is 36.5 Å². The third-order valence-corrected chi connectivity index (χ3v) is 4.62. The summed E-state index contributed by atoms with van der Waals surface area (Å²) in [6, 6.07) is 19.1. The summed E-state index contributed by atoms with van der Waals surface area (Å²) in [7, 11) is 1.72. The summed E-state index contributed by atoms with van der Waals surface area (Å²) in [5.74, 6) is 6.82. The Kier molecular flexibility index (Phi) is 3.95. The van der Waals surface area contributed by atoms with Gasteiger partial charge in [0, 0.05) is 11.5 Å². The smallest absolute Gasteiger partial charge is 0.122 e. The molecular formula is C18H22N2O. The van der Waals surface area contributed by atoms with Crippen molar-refractivity contribution < 1.29 is 4.74 Å². The molecule has 3 heteroatoms. The average Bonchev–Trinajstić information content (AvgIpc) is 3.35. The van der Waals surface area contributed by atoms with E-state index in [-0.39, 0.29) is 11.5 Å². The van der Waals surface area contributed by atoms with E-state index in [9.17, 15) is 0 Å². The number of hydrogen-bond donors (Lipinski definition) is 2. The summed E-state index contributed by atoms with van der Waals surface area (Å²) in [6.07, 6.45) is 3.23. The Bertz CT molecular complexity index is 593. The summed E-state index contributed by atoms with van der Waals surface area (Å²) in [5, 5.41) is 0. The Morgan fingerprint density at radius 2 is 1.76 bits per heavy atom. The van der Waals surface area contributed by atoms with Gasteiger partial charge < -0.3 is 4.74 Å². The molecule has 3 N–H and O–H groups in total. The molecule has 1 fully saturated rings. The zero-order valence-electron chi connectivity index (χ0n) is 12.4. The van der Waals surface area contributed by atoms with Gasteiger partial charge in [0.1, 0.15) is 5.75 Å². The lowest BCUT2D eigenvalue weighted by Gasteiger charge is -2.27. The van der Waals surface area contributed by atoms with E-state index in [2.05, 4.69) is 41.8 Å². The number of rotatable bonds is 6. The fraction of sp³-hybridized carbons (Fsp3) is 0.333. The molecule has 2 aromatic rings. The lowest BCUT2D eigenvalue weighted by atomic mass is 9.84. The summed E-state index contributed by atoms with van der Waals surface area (Å²) in [6.45, 7) is 0. The Hall–Kier alpha value is -1.84. The van der Waals surface area contributed by atoms with Gasteiger partial charge in [-0.1, -0.05) is 48.5 Å². The van der Waals surface area contributed by atoms with Crippen molar-refractivity contribution in [2.75, 3.05) is 7.11 Å². The zero-order chi connectivity index (χ0) is 14.7. The molecule has 0 radical (unpaired) electrons. The monoisotopic (exact) mass is 282 g/mol. The molecule has 0 heterocycles. The molecular weight excluding hydrogens is 260 g/mol. The van der Waals surface area contributed by atoms with E-state index >= 15 is 0 Å². The molecule has 3 rings (SSSR count). The van der Waals surface area contributed by atoms with Crippen LogP contribution < -0.4 is 16.0 Å². The van der Waals surface area contributed by atoms with Crippen LogP contribution in [0.15, 0.2) is 54.6 Å². The van der Waals surface area contributed by atoms with Crippen LogP contribution in [0.3, 0.4) is 0 Å². The van der Waals surface area contributed by atoms with Crippen LogP contribution >= 0.6 is 0 Å². The lowest BCUT2D eigenvalue weighted by molar-refractivity contribution is 0.389. The fourth-order valence-corrected chi connectivity index (χ4v) is 3.25. The largest absolute Gasteiger partial charge is 0.496 e. The van der Waals surface area contributed by atoms with Crippen LogP contribution in [-0.4, -0.2) is 13.2 Å². The summed E-state index contributed by atoms with van der Waals surface area (Å²) in [4.78, 5) is 0. The van der Waals surface area contributed by atoms with Gasteiger partial charge in [0.25, 0.3) is 0 Å². The van der Waals surface area contributed by atoms with Gasteiger partial charge in [-0.3, -0.25) is 11.3 Å². The fourth-order valence-electron chi connectivity index (χ4n) is 3.25. The Balaban J connectivity index is 1.86. The summed E-state index contributed by atoms with van der Waals surface area (Å²) in [5.41, 5.74) is 5.79. The highest BCUT2D eigenvalue weighted by Crippen LogP contribution is 2.51. The normalized spacial score (nSPS) is 17.2. The minimum absolute atomic E-state index is 0.164. The van der Waals surface area contributed by atoms with Crippen LogP contribution in [0, 0.1) is 0 Å². The molecule has 2 aromatic carbocycles. The van der Waals surface area contributed by atoms with Gasteiger partial charge in [-0.15, -0.1) is 0 Å². The maximum Gasteiger partial charge on any atom is 0.122 e. The van der Waals surface area contributed by atoms with Crippen molar-refractivity contribution in [1.82, 2.24) is 5.43 Å². The maximum absolute atomic E-state index is 5.88. The van der Waals surface area contributed by atoms with E-state index in [0.29, 0.717) is 0 Å². The standard InChI is InChI=1S/C18H22N2O/c1-21-16-10-6-5-7-14(16)13-17(20-19)18(11-12-18)15-8-3-2-4-9-15/h2-10,17,20H,11-13,19H2,1H3. The number of nitrogens with one attached hydrogen (secondary N) is 1. The first kappa shape index (κ1) is 14.1. The topological polar surface area (TPSA) is 47.3 Å². The summed E-state index contributed by atoms with van der Waals surface area (Å²) >= 11 is 0. The number of benzene rings is 2. The second kappa shape index (κ2) is 5.88. The first-order valence-electron chi connectivity index (χ1n) is 7.44. The number of ether oxygens (including phenoxy) is 1. The number of hydrogen-bond acceptors (Lipinski definition) is 3. The molecule has 0 bridgehead atoms. The van der Waals surface area contributed by atoms with Crippen LogP contribution in [0.25, 0.3) is 0 Å². The number of nitrogens with two attached hydrogens (primary N) is 1. The van der Waals surface area contributed by atoms with Gasteiger partial charge in [0.2, 0.25) is 0 Å². The van der Waals surface area contributed by atoms with E-state index in [1.807, 2.05) is 18.2 Å². The van der Waals surface area contributed by atoms with Crippen LogP contribution in [0.4, 0.5) is 0 Å². The highest BCUT2D eigenvalue weighted by molar-refractivity contribution is 5.38. The predicted molar refractivity (Wildman–Crippen MR) is 85.2 cm³/mol. The van der Waals surface area contributed by atoms with E-state index in [0.717, 1.165) is 12.2 Å². The quantitative estimate of drug-likeness (QED) is 0.632. The molecule has 1 unspecified atom stereocenters. The van der Waals surface area contributed by atoms with Crippen molar-refractivity contribution in [2.24, 2.45) is 5.84 Å². The second-order valence-corrected chi connectivity index (χ2v) is 5.76. The van der Waals surface area contributed by atoms with Crippen molar-refractivity contribution in [3.8, 4) is 5.75 Å². The molecule has 0 saturated heterocycles. The highest BCUT2D eigenvalue weighted by Gasteiger charge is 2.50. The summed E-state index contributed by atoms with van der Waals surface area (Å²) < 4.78 is 5.46. The minimum atomic E-state index is 0.164. The van der Waals surface area contributed by atoms with Gasteiger partial charge >= 0.3 is 0 Å². The SMILES string of the molecule is COc1ccccc1CC(NN)C1(c2ccccc2)CC1. The van der Waals surface area contributed by atoms with E-state index < -0.39 is 0 Å². The van der Waals surface area contributed by atoms with E-state index in [1.54, 1.807) is 7.11 Å². The molecule has 0 spiro atoms. The van der Waals surface area contributed by atoms with Gasteiger partial charge in [-0.25, -0.2) is 0 Å². The Morgan fingerprint density at radius 3 is 2.38 bits per heavy atom. The molecule has 3 nitrogen and oxygen atoms in total. The van der Waals surface area contributed by atoms with E-state index in [4.69, 9.17) is 10.6 Å². The van der Waals surface area contributed by atoms with Crippen molar-refractivity contribution >= 4 is 0 Å². The van der Waals surface area contributed by atoms with Crippen molar-refractivity contribution in [1.29, 1.82) is 0 Å². The molecule has 0 aromatic heterocycles. The first-order valence-corrected chi connectivity index (χ1v) is 7.44. The molecule has 1 atom stereocenters. The van der Waals surface area contributed by atoms with Crippen molar-refractivity contribution in [3.05, 3.63) is 65.7 Å². The number of methoxy groups -OCH3 is 1. The lowest BCUT2D eigenvalue weighted by Crippen LogP contribution is -2.45. The van der Waals surface area contributed by atoms with Crippen molar-refractivity contribution in [2.45, 2.75) is 30.7 Å². The maximum atomic E-state index is 5.88. The van der Waals surface area contributed by atoms with Crippen LogP contribution in [0.2, 0.25) is 0 Å². The molecule has 1 aliphatic rings. The molecule has 0 aliphatic heterocycles. The first-order chi connectivity index (χ1) is 10.3. The molecule has 1 saturated carbocycles. The number of para-hydroxylation sites is 1. The van der Waals surface area contributed by atoms with Gasteiger partial charge in [0.15, 0.2) is 0 Å². The average molecular weight is 282 g/mol. The zero-order valence-corrected chi connectivity index (χ0v) is 12.4. The molecule has 1 aliphatic carbocycles. The van der Waals surface area contributed by atoms with E-state index in [1.165, 1.54) is 24.0 Å². The molecule has 0 amide bonds. The Morgan fingerprint density at radius 1 is 1.10 bits per heavy atom. The number of hydrazine groups is 1. The highest BCUT2D eigenvalue weighted by atomic mass is 16.5. The van der Waals surface area contributed by atoms with Crippen LogP contribution in [-0.2, 0) is 11.8 Å². The van der Waals surface area contributed by atoms with Gasteiger partial charge in [-0.2, -0.15) is 0 Å². The minimum Gasteiger partial charge on any atom is -0.496 e. The third kappa shape index (κ3) is 2.67. The van der Waals surface area contributed by atoms with Gasteiger partial charge in [0.05, 0.1) is 7.11 Å². The van der Waals surface area contributed by atoms with Crippen molar-refractivity contribution in [3.63, 3.8) is 0 Å². The van der Waals surface area contributed by atoms with Crippen LogP contribution in [0.5, 0.6) is 5.75 Å². The third-order valence-electron chi connectivity index (χ3n) is 4.62. The Labute approximate surface area is 126 Å². The second-order valence-electron chi connectivity index (χ2n) is 5.76. The predicted octanol–water partition coefficient (Wildman–Crippen LogP) is 2.80. The molecule has 110 valence electrons. The molecule has 21 heavy (non-hydrogen) atoms.